The second kappa shape index (κ2) is 7.08. The fraction of sp³-hybridized carbons (Fsp3) is 0.524. The van der Waals surface area contributed by atoms with Crippen molar-refractivity contribution in [3.8, 4) is 0 Å². The highest BCUT2D eigenvalue weighted by molar-refractivity contribution is 5.98. The molecular formula is C21H27FN4O. The van der Waals surface area contributed by atoms with Crippen molar-refractivity contribution >= 4 is 11.6 Å². The SMILES string of the molecule is Cc1c(CN2CCCC3(CCCN(c4ccc(F)cc4)C3=O)C2)cnn1C. The maximum Gasteiger partial charge on any atom is 0.234 e. The summed E-state index contributed by atoms with van der Waals surface area (Å²) < 4.78 is 15.2. The molecule has 1 amide bonds. The van der Waals surface area contributed by atoms with Crippen LogP contribution < -0.4 is 4.90 Å². The van der Waals surface area contributed by atoms with Crippen LogP contribution in [0.5, 0.6) is 0 Å². The summed E-state index contributed by atoms with van der Waals surface area (Å²) in [6.07, 6.45) is 5.83. The van der Waals surface area contributed by atoms with Gasteiger partial charge in [0, 0.05) is 43.6 Å². The monoisotopic (exact) mass is 370 g/mol. The van der Waals surface area contributed by atoms with Crippen LogP contribution in [-0.4, -0.2) is 40.2 Å². The molecule has 1 aromatic heterocycles. The number of aryl methyl sites for hydroxylation is 1. The van der Waals surface area contributed by atoms with E-state index in [2.05, 4.69) is 16.9 Å². The molecule has 4 rings (SSSR count). The molecule has 144 valence electrons. The molecule has 0 radical (unpaired) electrons. The minimum Gasteiger partial charge on any atom is -0.312 e. The number of hydrogen-bond acceptors (Lipinski definition) is 3. The number of carbonyl (C=O) groups excluding carboxylic acids is 1. The van der Waals surface area contributed by atoms with Crippen LogP contribution in [0.1, 0.15) is 36.9 Å². The van der Waals surface area contributed by atoms with Crippen molar-refractivity contribution in [2.24, 2.45) is 12.5 Å². The topological polar surface area (TPSA) is 41.4 Å². The first-order chi connectivity index (χ1) is 13.0. The van der Waals surface area contributed by atoms with Crippen LogP contribution in [0.15, 0.2) is 30.5 Å². The molecule has 2 aromatic rings. The van der Waals surface area contributed by atoms with Crippen LogP contribution in [0.3, 0.4) is 0 Å². The average molecular weight is 370 g/mol. The molecule has 1 atom stereocenters. The number of aromatic nitrogens is 2. The lowest BCUT2D eigenvalue weighted by molar-refractivity contribution is -0.134. The predicted molar refractivity (Wildman–Crippen MR) is 103 cm³/mol. The molecular weight excluding hydrogens is 343 g/mol. The van der Waals surface area contributed by atoms with E-state index in [1.807, 2.05) is 22.8 Å². The van der Waals surface area contributed by atoms with Gasteiger partial charge < -0.3 is 4.90 Å². The van der Waals surface area contributed by atoms with Crippen LogP contribution in [-0.2, 0) is 18.4 Å². The third-order valence-electron chi connectivity index (χ3n) is 6.26. The van der Waals surface area contributed by atoms with Crippen LogP contribution in [0.2, 0.25) is 0 Å². The molecule has 1 unspecified atom stereocenters. The van der Waals surface area contributed by atoms with Gasteiger partial charge in [0.05, 0.1) is 11.6 Å². The molecule has 2 aliphatic rings. The minimum atomic E-state index is -0.318. The Morgan fingerprint density at radius 3 is 2.52 bits per heavy atom. The first kappa shape index (κ1) is 18.2. The number of rotatable bonds is 3. The van der Waals surface area contributed by atoms with Crippen molar-refractivity contribution in [2.45, 2.75) is 39.2 Å². The quantitative estimate of drug-likeness (QED) is 0.833. The van der Waals surface area contributed by atoms with Gasteiger partial charge in [0.25, 0.3) is 0 Å². The summed E-state index contributed by atoms with van der Waals surface area (Å²) in [5.41, 5.74) is 2.90. The first-order valence-corrected chi connectivity index (χ1v) is 9.76. The number of halogens is 1. The van der Waals surface area contributed by atoms with Crippen molar-refractivity contribution in [3.05, 3.63) is 47.5 Å². The van der Waals surface area contributed by atoms with Gasteiger partial charge in [0.1, 0.15) is 5.82 Å². The van der Waals surface area contributed by atoms with Gasteiger partial charge >= 0.3 is 0 Å². The number of nitrogens with zero attached hydrogens (tertiary/aromatic N) is 4. The van der Waals surface area contributed by atoms with Crippen LogP contribution in [0, 0.1) is 18.2 Å². The third kappa shape index (κ3) is 3.38. The van der Waals surface area contributed by atoms with E-state index >= 15 is 0 Å². The molecule has 27 heavy (non-hydrogen) atoms. The highest BCUT2D eigenvalue weighted by atomic mass is 19.1. The van der Waals surface area contributed by atoms with Gasteiger partial charge in [-0.25, -0.2) is 4.39 Å². The third-order valence-corrected chi connectivity index (χ3v) is 6.26. The Hall–Kier alpha value is -2.21. The highest BCUT2D eigenvalue weighted by Crippen LogP contribution is 2.41. The number of carbonyl (C=O) groups is 1. The van der Waals surface area contributed by atoms with E-state index in [-0.39, 0.29) is 17.1 Å². The van der Waals surface area contributed by atoms with Crippen molar-refractivity contribution < 1.29 is 9.18 Å². The summed E-state index contributed by atoms with van der Waals surface area (Å²) in [7, 11) is 1.96. The summed E-state index contributed by atoms with van der Waals surface area (Å²) >= 11 is 0. The van der Waals surface area contributed by atoms with E-state index in [9.17, 15) is 9.18 Å². The number of anilines is 1. The predicted octanol–water partition coefficient (Wildman–Crippen LogP) is 3.28. The van der Waals surface area contributed by atoms with Gasteiger partial charge in [0.15, 0.2) is 0 Å². The van der Waals surface area contributed by atoms with E-state index in [0.29, 0.717) is 6.54 Å². The fourth-order valence-corrected chi connectivity index (χ4v) is 4.62. The number of piperidine rings is 2. The second-order valence-electron chi connectivity index (χ2n) is 8.01. The Kier molecular flexibility index (Phi) is 4.76. The summed E-state index contributed by atoms with van der Waals surface area (Å²) in [6.45, 7) is 5.45. The summed E-state index contributed by atoms with van der Waals surface area (Å²) in [5, 5.41) is 4.34. The van der Waals surface area contributed by atoms with Crippen molar-refractivity contribution in [1.29, 1.82) is 0 Å². The molecule has 2 saturated heterocycles. The molecule has 1 spiro atoms. The van der Waals surface area contributed by atoms with Crippen LogP contribution in [0.25, 0.3) is 0 Å². The van der Waals surface area contributed by atoms with Crippen LogP contribution in [0.4, 0.5) is 10.1 Å². The van der Waals surface area contributed by atoms with E-state index in [4.69, 9.17) is 0 Å². The highest BCUT2D eigenvalue weighted by Gasteiger charge is 2.46. The summed E-state index contributed by atoms with van der Waals surface area (Å²) in [4.78, 5) is 17.7. The Bertz CT molecular complexity index is 827. The van der Waals surface area contributed by atoms with Crippen LogP contribution >= 0.6 is 0 Å². The molecule has 0 bridgehead atoms. The minimum absolute atomic E-state index is 0.202. The Morgan fingerprint density at radius 2 is 1.85 bits per heavy atom. The molecule has 6 heteroatoms. The molecule has 5 nitrogen and oxygen atoms in total. The van der Waals surface area contributed by atoms with Crippen molar-refractivity contribution in [3.63, 3.8) is 0 Å². The van der Waals surface area contributed by atoms with E-state index in [0.717, 1.165) is 51.0 Å². The number of hydrogen-bond donors (Lipinski definition) is 0. The Balaban J connectivity index is 1.53. The van der Waals surface area contributed by atoms with E-state index < -0.39 is 0 Å². The number of amides is 1. The van der Waals surface area contributed by atoms with Gasteiger partial charge in [-0.05, 0) is 63.4 Å². The molecule has 3 heterocycles. The number of likely N-dealkylation sites (tertiary alicyclic amines) is 1. The smallest absolute Gasteiger partial charge is 0.234 e. The molecule has 0 N–H and O–H groups in total. The van der Waals surface area contributed by atoms with Gasteiger partial charge in [-0.15, -0.1) is 0 Å². The summed E-state index contributed by atoms with van der Waals surface area (Å²) in [5.74, 6) is -0.0680. The molecule has 0 aliphatic carbocycles. The zero-order chi connectivity index (χ0) is 19.0. The molecule has 0 saturated carbocycles. The molecule has 2 aliphatic heterocycles. The Labute approximate surface area is 159 Å². The largest absolute Gasteiger partial charge is 0.312 e. The maximum absolute atomic E-state index is 13.4. The number of benzene rings is 1. The Morgan fingerprint density at radius 1 is 1.15 bits per heavy atom. The maximum atomic E-state index is 13.4. The van der Waals surface area contributed by atoms with Gasteiger partial charge in [-0.1, -0.05) is 0 Å². The zero-order valence-electron chi connectivity index (χ0n) is 16.1. The normalized spacial score (nSPS) is 24.0. The van der Waals surface area contributed by atoms with Crippen molar-refractivity contribution in [1.82, 2.24) is 14.7 Å². The lowest BCUT2D eigenvalue weighted by atomic mass is 9.72. The fourth-order valence-electron chi connectivity index (χ4n) is 4.62. The standard InChI is InChI=1S/C21H27FN4O/c1-16-17(13-23-24(16)2)14-25-11-3-9-21(15-25)10-4-12-26(20(21)27)19-7-5-18(22)6-8-19/h5-8,13H,3-4,9-12,14-15H2,1-2H3. The van der Waals surface area contributed by atoms with Gasteiger partial charge in [-0.2, -0.15) is 5.10 Å². The van der Waals surface area contributed by atoms with E-state index in [1.165, 1.54) is 23.4 Å². The molecule has 2 fully saturated rings. The first-order valence-electron chi connectivity index (χ1n) is 9.76. The van der Waals surface area contributed by atoms with E-state index in [1.54, 1.807) is 12.1 Å². The zero-order valence-corrected chi connectivity index (χ0v) is 16.1. The second-order valence-corrected chi connectivity index (χ2v) is 8.01. The summed E-state index contributed by atoms with van der Waals surface area (Å²) in [6, 6.07) is 6.29. The van der Waals surface area contributed by atoms with Crippen molar-refractivity contribution in [2.75, 3.05) is 24.5 Å². The molecule has 1 aromatic carbocycles. The van der Waals surface area contributed by atoms with Gasteiger partial charge in [0.2, 0.25) is 5.91 Å². The van der Waals surface area contributed by atoms with Gasteiger partial charge in [-0.3, -0.25) is 14.4 Å². The lowest BCUT2D eigenvalue weighted by Crippen LogP contribution is -2.56. The average Bonchev–Trinajstić information content (AvgIpc) is 2.97. The lowest BCUT2D eigenvalue weighted by Gasteiger charge is -2.47.